The minimum Gasteiger partial charge on any atom is -0.309 e. The van der Waals surface area contributed by atoms with Gasteiger partial charge in [0, 0.05) is 23.8 Å². The molecule has 5 heteroatoms. The third kappa shape index (κ3) is 3.31. The van der Waals surface area contributed by atoms with Crippen molar-refractivity contribution in [3.8, 4) is 5.69 Å². The van der Waals surface area contributed by atoms with Gasteiger partial charge in [-0.05, 0) is 18.2 Å². The topological polar surface area (TPSA) is 29.9 Å². The number of benzene rings is 1. The van der Waals surface area contributed by atoms with Crippen LogP contribution in [0.3, 0.4) is 0 Å². The zero-order chi connectivity index (χ0) is 13.1. The highest BCUT2D eigenvalue weighted by atomic mass is 35.5. The summed E-state index contributed by atoms with van der Waals surface area (Å²) in [5.41, 5.74) is 1.58. The Balaban J connectivity index is 2.18. The summed E-state index contributed by atoms with van der Waals surface area (Å²) in [6.07, 6.45) is 3.52. The summed E-state index contributed by atoms with van der Waals surface area (Å²) in [5.74, 6) is -0.354. The van der Waals surface area contributed by atoms with Crippen LogP contribution in [-0.4, -0.2) is 15.6 Å². The molecule has 0 radical (unpaired) electrons. The van der Waals surface area contributed by atoms with Gasteiger partial charge in [0.25, 0.3) is 0 Å². The van der Waals surface area contributed by atoms with Crippen LogP contribution in [0.5, 0.6) is 0 Å². The van der Waals surface area contributed by atoms with Crippen LogP contribution in [0.4, 0.5) is 4.39 Å². The van der Waals surface area contributed by atoms with Crippen LogP contribution in [0, 0.1) is 5.82 Å². The normalized spacial score (nSPS) is 11.2. The fraction of sp³-hybridized carbons (Fsp3) is 0.308. The first kappa shape index (κ1) is 13.1. The van der Waals surface area contributed by atoms with Crippen molar-refractivity contribution < 1.29 is 4.39 Å². The Morgan fingerprint density at radius 2 is 2.17 bits per heavy atom. The Morgan fingerprint density at radius 3 is 2.83 bits per heavy atom. The first-order chi connectivity index (χ1) is 8.54. The molecule has 96 valence electrons. The molecule has 0 fully saturated rings. The highest BCUT2D eigenvalue weighted by molar-refractivity contribution is 6.30. The molecule has 2 rings (SSSR count). The minimum absolute atomic E-state index is 0.354. The van der Waals surface area contributed by atoms with E-state index in [1.165, 1.54) is 12.1 Å². The lowest BCUT2D eigenvalue weighted by Crippen LogP contribution is -2.21. The number of hydrogen-bond acceptors (Lipinski definition) is 2. The van der Waals surface area contributed by atoms with Gasteiger partial charge in [0.05, 0.1) is 17.7 Å². The molecule has 0 aliphatic carbocycles. The van der Waals surface area contributed by atoms with Gasteiger partial charge in [-0.1, -0.05) is 25.4 Å². The van der Waals surface area contributed by atoms with Crippen molar-refractivity contribution in [2.45, 2.75) is 26.4 Å². The summed E-state index contributed by atoms with van der Waals surface area (Å²) in [6, 6.07) is 4.81. The van der Waals surface area contributed by atoms with Crippen molar-refractivity contribution in [3.63, 3.8) is 0 Å². The molecule has 1 aromatic heterocycles. The quantitative estimate of drug-likeness (QED) is 0.922. The van der Waals surface area contributed by atoms with Gasteiger partial charge in [-0.15, -0.1) is 0 Å². The van der Waals surface area contributed by atoms with Gasteiger partial charge in [0.15, 0.2) is 0 Å². The second-order valence-electron chi connectivity index (χ2n) is 4.44. The van der Waals surface area contributed by atoms with Gasteiger partial charge < -0.3 is 9.88 Å². The molecular weight excluding hydrogens is 253 g/mol. The molecule has 1 heterocycles. The van der Waals surface area contributed by atoms with Crippen molar-refractivity contribution >= 4 is 11.6 Å². The van der Waals surface area contributed by atoms with Crippen molar-refractivity contribution in [2.75, 3.05) is 0 Å². The summed E-state index contributed by atoms with van der Waals surface area (Å²) >= 11 is 5.82. The van der Waals surface area contributed by atoms with E-state index in [0.717, 1.165) is 5.69 Å². The Hall–Kier alpha value is -1.39. The first-order valence-corrected chi connectivity index (χ1v) is 6.15. The average molecular weight is 268 g/mol. The van der Waals surface area contributed by atoms with Crippen LogP contribution in [0.1, 0.15) is 19.5 Å². The van der Waals surface area contributed by atoms with E-state index >= 15 is 0 Å². The van der Waals surface area contributed by atoms with Gasteiger partial charge in [0.1, 0.15) is 5.82 Å². The van der Waals surface area contributed by atoms with E-state index in [-0.39, 0.29) is 5.82 Å². The molecule has 0 bridgehead atoms. The maximum absolute atomic E-state index is 13.2. The maximum Gasteiger partial charge on any atom is 0.126 e. The third-order valence-electron chi connectivity index (χ3n) is 2.47. The van der Waals surface area contributed by atoms with Crippen molar-refractivity contribution in [1.29, 1.82) is 0 Å². The lowest BCUT2D eigenvalue weighted by molar-refractivity contribution is 0.582. The summed E-state index contributed by atoms with van der Waals surface area (Å²) in [6.45, 7) is 4.83. The van der Waals surface area contributed by atoms with Crippen LogP contribution < -0.4 is 5.32 Å². The third-order valence-corrected chi connectivity index (χ3v) is 2.69. The molecule has 0 saturated carbocycles. The molecule has 1 N–H and O–H groups in total. The molecule has 0 atom stereocenters. The Bertz CT molecular complexity index is 517. The second kappa shape index (κ2) is 5.50. The lowest BCUT2D eigenvalue weighted by atomic mass is 10.3. The zero-order valence-electron chi connectivity index (χ0n) is 10.3. The van der Waals surface area contributed by atoms with Gasteiger partial charge in [-0.3, -0.25) is 0 Å². The number of nitrogens with zero attached hydrogens (tertiary/aromatic N) is 2. The molecule has 0 unspecified atom stereocenters. The largest absolute Gasteiger partial charge is 0.309 e. The molecule has 0 aliphatic heterocycles. The fourth-order valence-corrected chi connectivity index (χ4v) is 1.81. The van der Waals surface area contributed by atoms with Gasteiger partial charge in [0.2, 0.25) is 0 Å². The Labute approximate surface area is 111 Å². The molecule has 0 aliphatic rings. The Morgan fingerprint density at radius 1 is 1.39 bits per heavy atom. The number of imidazole rings is 1. The van der Waals surface area contributed by atoms with E-state index in [2.05, 4.69) is 24.1 Å². The van der Waals surface area contributed by atoms with Crippen molar-refractivity contribution in [2.24, 2.45) is 0 Å². The molecule has 2 aromatic rings. The van der Waals surface area contributed by atoms with E-state index in [4.69, 9.17) is 11.6 Å². The highest BCUT2D eigenvalue weighted by Crippen LogP contribution is 2.17. The second-order valence-corrected chi connectivity index (χ2v) is 4.87. The molecule has 0 spiro atoms. The van der Waals surface area contributed by atoms with Gasteiger partial charge in [-0.25, -0.2) is 9.37 Å². The zero-order valence-corrected chi connectivity index (χ0v) is 11.1. The van der Waals surface area contributed by atoms with Gasteiger partial charge in [-0.2, -0.15) is 0 Å². The molecular formula is C13H15ClFN3. The van der Waals surface area contributed by atoms with E-state index in [0.29, 0.717) is 23.3 Å². The predicted octanol–water partition coefficient (Wildman–Crippen LogP) is 3.16. The van der Waals surface area contributed by atoms with Crippen molar-refractivity contribution in [3.05, 3.63) is 47.3 Å². The monoisotopic (exact) mass is 267 g/mol. The molecule has 3 nitrogen and oxygen atoms in total. The van der Waals surface area contributed by atoms with E-state index in [9.17, 15) is 4.39 Å². The van der Waals surface area contributed by atoms with Crippen LogP contribution in [0.25, 0.3) is 5.69 Å². The van der Waals surface area contributed by atoms with E-state index < -0.39 is 0 Å². The molecule has 18 heavy (non-hydrogen) atoms. The van der Waals surface area contributed by atoms with Crippen LogP contribution in [0.15, 0.2) is 30.7 Å². The summed E-state index contributed by atoms with van der Waals surface area (Å²) in [5, 5.41) is 3.65. The average Bonchev–Trinajstić information content (AvgIpc) is 2.73. The maximum atomic E-state index is 13.2. The molecule has 1 aromatic carbocycles. The highest BCUT2D eigenvalue weighted by Gasteiger charge is 2.04. The summed E-state index contributed by atoms with van der Waals surface area (Å²) < 4.78 is 15.0. The Kier molecular flexibility index (Phi) is 3.99. The predicted molar refractivity (Wildman–Crippen MR) is 70.5 cm³/mol. The standard InChI is InChI=1S/C13H15ClFN3/c1-9(2)16-6-12-7-18(8-17-12)13-4-10(14)3-11(15)5-13/h3-5,7-9,16H,6H2,1-2H3. The number of halogens is 2. The summed E-state index contributed by atoms with van der Waals surface area (Å²) in [4.78, 5) is 4.26. The van der Waals surface area contributed by atoms with Crippen molar-refractivity contribution in [1.82, 2.24) is 14.9 Å². The van der Waals surface area contributed by atoms with Gasteiger partial charge >= 0.3 is 0 Å². The van der Waals surface area contributed by atoms with Crippen LogP contribution in [0.2, 0.25) is 5.02 Å². The number of hydrogen-bond donors (Lipinski definition) is 1. The SMILES string of the molecule is CC(C)NCc1cn(-c2cc(F)cc(Cl)c2)cn1. The fourth-order valence-electron chi connectivity index (χ4n) is 1.59. The minimum atomic E-state index is -0.354. The number of rotatable bonds is 4. The number of nitrogens with one attached hydrogen (secondary N) is 1. The first-order valence-electron chi connectivity index (χ1n) is 5.77. The molecule has 0 amide bonds. The van der Waals surface area contributed by atoms with E-state index in [1.807, 2.05) is 6.20 Å². The smallest absolute Gasteiger partial charge is 0.126 e. The van der Waals surface area contributed by atoms with E-state index in [1.54, 1.807) is 17.0 Å². The lowest BCUT2D eigenvalue weighted by Gasteiger charge is -2.05. The van der Waals surface area contributed by atoms with Crippen LogP contribution >= 0.6 is 11.6 Å². The molecule has 0 saturated heterocycles. The van der Waals surface area contributed by atoms with Crippen LogP contribution in [-0.2, 0) is 6.54 Å². The summed E-state index contributed by atoms with van der Waals surface area (Å²) in [7, 11) is 0. The number of aromatic nitrogens is 2.